The molecule has 0 spiro atoms. The molecule has 6 rings (SSSR count). The number of hydrogen-bond acceptors (Lipinski definition) is 5. The fourth-order valence-corrected chi connectivity index (χ4v) is 5.15. The second kappa shape index (κ2) is 9.38. The molecule has 6 heteroatoms. The molecule has 0 aliphatic carbocycles. The Bertz CT molecular complexity index is 1560. The van der Waals surface area contributed by atoms with Crippen molar-refractivity contribution in [1.29, 1.82) is 0 Å². The minimum atomic E-state index is -3.96. The summed E-state index contributed by atoms with van der Waals surface area (Å²) < 4.78 is 29.2. The van der Waals surface area contributed by atoms with E-state index in [1.807, 2.05) is 91.0 Å². The van der Waals surface area contributed by atoms with Gasteiger partial charge in [0.25, 0.3) is 0 Å². The summed E-state index contributed by atoms with van der Waals surface area (Å²) in [4.78, 5) is 5.56. The maximum atomic E-state index is 13.0. The number of phosphoric acid groups is 1. The van der Waals surface area contributed by atoms with E-state index in [1.165, 1.54) is 0 Å². The summed E-state index contributed by atoms with van der Waals surface area (Å²) in [5, 5.41) is 0. The molecule has 1 unspecified atom stereocenters. The molecule has 0 fully saturated rings. The molecule has 176 valence electrons. The zero-order valence-electron chi connectivity index (χ0n) is 19.1. The van der Waals surface area contributed by atoms with Crippen LogP contribution in [0, 0.1) is 0 Å². The van der Waals surface area contributed by atoms with Gasteiger partial charge in [-0.2, -0.15) is 0 Å². The zero-order valence-corrected chi connectivity index (χ0v) is 20.0. The second-order valence-electron chi connectivity index (χ2n) is 8.26. The lowest BCUT2D eigenvalue weighted by molar-refractivity contribution is -0.116. The Morgan fingerprint density at radius 3 is 2.08 bits per heavy atom. The quantitative estimate of drug-likeness (QED) is 0.163. The Morgan fingerprint density at radius 2 is 1.33 bits per heavy atom. The highest BCUT2D eigenvalue weighted by Gasteiger charge is 2.42. The molecule has 2 aliphatic rings. The maximum absolute atomic E-state index is 13.0. The molecule has 36 heavy (non-hydrogen) atoms. The topological polar surface area (TPSA) is 54.0 Å². The minimum absolute atomic E-state index is 0.353. The first-order valence-corrected chi connectivity index (χ1v) is 12.9. The van der Waals surface area contributed by atoms with Crippen LogP contribution in [0.1, 0.15) is 33.4 Å². The third-order valence-corrected chi connectivity index (χ3v) is 6.93. The average Bonchev–Trinajstić information content (AvgIpc) is 3.26. The lowest BCUT2D eigenvalue weighted by atomic mass is 9.96. The summed E-state index contributed by atoms with van der Waals surface area (Å²) in [5.41, 5.74) is 5.54. The Balaban J connectivity index is 1.50. The molecule has 4 aromatic rings. The van der Waals surface area contributed by atoms with Crippen LogP contribution in [-0.4, -0.2) is 0 Å². The van der Waals surface area contributed by atoms with E-state index in [0.29, 0.717) is 17.2 Å². The van der Waals surface area contributed by atoms with E-state index in [4.69, 9.17) is 18.6 Å². The van der Waals surface area contributed by atoms with Gasteiger partial charge in [-0.15, -0.1) is 0 Å². The fourth-order valence-electron chi connectivity index (χ4n) is 4.08. The van der Waals surface area contributed by atoms with Crippen LogP contribution in [0.15, 0.2) is 91.0 Å². The lowest BCUT2D eigenvalue weighted by Gasteiger charge is -2.15. The van der Waals surface area contributed by atoms with E-state index in [1.54, 1.807) is 12.1 Å². The van der Waals surface area contributed by atoms with E-state index < -0.39 is 7.82 Å². The van der Waals surface area contributed by atoms with Gasteiger partial charge in [0.05, 0.1) is 0 Å². The van der Waals surface area contributed by atoms with Gasteiger partial charge >= 0.3 is 7.82 Å². The number of rotatable bonds is 4. The predicted molar refractivity (Wildman–Crippen MR) is 143 cm³/mol. The molecule has 5 nitrogen and oxygen atoms in total. The van der Waals surface area contributed by atoms with Gasteiger partial charge in [0.1, 0.15) is 0 Å². The molecular weight excluding hydrogens is 471 g/mol. The molecule has 1 atom stereocenters. The van der Waals surface area contributed by atoms with E-state index in [9.17, 15) is 4.57 Å². The van der Waals surface area contributed by atoms with Crippen molar-refractivity contribution in [3.05, 3.63) is 124 Å². The van der Waals surface area contributed by atoms with Crippen LogP contribution in [0.2, 0.25) is 0 Å². The standard InChI is InChI=1S/C30H21O5P/c31-36-33-29-13-7-12-25(30(29)34-36)17-20-27-26(19-15-23-10-5-2-6-11-23)24(18-21-28(27)32-35-36)16-14-22-8-3-1-4-9-22/h1-21H/b16-14+,19-15+,20-17+. The first kappa shape index (κ1) is 22.2. The average molecular weight is 492 g/mol. The third kappa shape index (κ3) is 4.50. The largest absolute Gasteiger partial charge is 0.625 e. The summed E-state index contributed by atoms with van der Waals surface area (Å²) in [6, 6.07) is 29.2. The monoisotopic (exact) mass is 492 g/mol. The lowest BCUT2D eigenvalue weighted by Crippen LogP contribution is -2.04. The summed E-state index contributed by atoms with van der Waals surface area (Å²) in [5.74, 6) is 1.11. The SMILES string of the molecule is O=P12OOc3ccc(/C=C/c4ccccc4)c(/C=C/c4ccccc4)c3/C=C/c3cccc(c3O1)O2. The second-order valence-corrected chi connectivity index (χ2v) is 9.67. The van der Waals surface area contributed by atoms with Crippen LogP contribution in [0.25, 0.3) is 36.5 Å². The van der Waals surface area contributed by atoms with Gasteiger partial charge < -0.3 is 13.9 Å². The summed E-state index contributed by atoms with van der Waals surface area (Å²) in [7, 11) is -3.96. The van der Waals surface area contributed by atoms with Crippen molar-refractivity contribution in [2.24, 2.45) is 0 Å². The smallest absolute Gasteiger partial charge is 0.389 e. The molecule has 2 bridgehead atoms. The Morgan fingerprint density at radius 1 is 0.611 bits per heavy atom. The van der Waals surface area contributed by atoms with Crippen molar-refractivity contribution < 1.29 is 23.2 Å². The van der Waals surface area contributed by atoms with Crippen molar-refractivity contribution in [2.75, 3.05) is 0 Å². The first-order valence-electron chi connectivity index (χ1n) is 11.5. The third-order valence-electron chi connectivity index (χ3n) is 5.85. The normalized spacial score (nSPS) is 18.8. The van der Waals surface area contributed by atoms with Gasteiger partial charge in [0.15, 0.2) is 17.2 Å². The molecule has 0 N–H and O–H groups in total. The van der Waals surface area contributed by atoms with Crippen LogP contribution in [0.5, 0.6) is 17.2 Å². The van der Waals surface area contributed by atoms with E-state index >= 15 is 0 Å². The Kier molecular flexibility index (Phi) is 5.78. The van der Waals surface area contributed by atoms with E-state index in [-0.39, 0.29) is 0 Å². The molecule has 4 aromatic carbocycles. The van der Waals surface area contributed by atoms with Crippen molar-refractivity contribution >= 4 is 44.3 Å². The van der Waals surface area contributed by atoms with Gasteiger partial charge in [-0.05, 0) is 40.5 Å². The number of hydrogen-bond donors (Lipinski definition) is 0. The van der Waals surface area contributed by atoms with Crippen LogP contribution >= 0.6 is 7.82 Å². The highest BCUT2D eigenvalue weighted by molar-refractivity contribution is 7.49. The van der Waals surface area contributed by atoms with Gasteiger partial charge in [-0.3, -0.25) is 0 Å². The molecule has 0 aromatic heterocycles. The number of para-hydroxylation sites is 1. The summed E-state index contributed by atoms with van der Waals surface area (Å²) in [6.45, 7) is 0. The number of phosphoric ester groups is 1. The summed E-state index contributed by atoms with van der Waals surface area (Å²) >= 11 is 0. The van der Waals surface area contributed by atoms with Crippen molar-refractivity contribution in [1.82, 2.24) is 0 Å². The molecular formula is C30H21O5P. The Labute approximate surface area is 209 Å². The van der Waals surface area contributed by atoms with Crippen molar-refractivity contribution in [3.63, 3.8) is 0 Å². The minimum Gasteiger partial charge on any atom is -0.389 e. The molecule has 0 amide bonds. The number of fused-ring (bicyclic) bond motifs is 2. The first-order chi connectivity index (χ1) is 17.7. The zero-order chi connectivity index (χ0) is 24.4. The summed E-state index contributed by atoms with van der Waals surface area (Å²) in [6.07, 6.45) is 12.1. The van der Waals surface area contributed by atoms with E-state index in [2.05, 4.69) is 24.3 Å². The van der Waals surface area contributed by atoms with Crippen molar-refractivity contribution in [2.45, 2.75) is 0 Å². The van der Waals surface area contributed by atoms with Gasteiger partial charge in [0, 0.05) is 11.1 Å². The molecule has 0 saturated carbocycles. The highest BCUT2D eigenvalue weighted by atomic mass is 31.2. The maximum Gasteiger partial charge on any atom is 0.625 e. The van der Waals surface area contributed by atoms with Crippen LogP contribution in [0.3, 0.4) is 0 Å². The van der Waals surface area contributed by atoms with Gasteiger partial charge in [0.2, 0.25) is 0 Å². The molecule has 2 aliphatic heterocycles. The van der Waals surface area contributed by atoms with Crippen LogP contribution in [-0.2, 0) is 9.24 Å². The molecule has 0 saturated heterocycles. The fraction of sp³-hybridized carbons (Fsp3) is 0. The van der Waals surface area contributed by atoms with Crippen LogP contribution < -0.4 is 13.9 Å². The highest BCUT2D eigenvalue weighted by Crippen LogP contribution is 2.60. The van der Waals surface area contributed by atoms with Crippen LogP contribution in [0.4, 0.5) is 0 Å². The Hall–Kier alpha value is -4.31. The predicted octanol–water partition coefficient (Wildman–Crippen LogP) is 8.40. The molecule has 2 heterocycles. The number of benzene rings is 4. The van der Waals surface area contributed by atoms with Crippen molar-refractivity contribution in [3.8, 4) is 17.2 Å². The molecule has 0 radical (unpaired) electrons. The van der Waals surface area contributed by atoms with E-state index in [0.717, 1.165) is 33.4 Å². The van der Waals surface area contributed by atoms with Gasteiger partial charge in [-0.25, -0.2) is 4.57 Å². The van der Waals surface area contributed by atoms with Gasteiger partial charge in [-0.1, -0.05) is 114 Å².